The first kappa shape index (κ1) is 20.5. The topological polar surface area (TPSA) is 95.6 Å². The molecule has 0 unspecified atom stereocenters. The molecule has 158 valence electrons. The van der Waals surface area contributed by atoms with Crippen LogP contribution in [-0.2, 0) is 14.8 Å². The lowest BCUT2D eigenvalue weighted by Crippen LogP contribution is -2.43. The van der Waals surface area contributed by atoms with Gasteiger partial charge in [0.1, 0.15) is 11.9 Å². The van der Waals surface area contributed by atoms with Crippen molar-refractivity contribution in [1.29, 1.82) is 0 Å². The van der Waals surface area contributed by atoms with Gasteiger partial charge in [-0.2, -0.15) is 4.31 Å². The second-order valence-electron chi connectivity index (χ2n) is 7.55. The summed E-state index contributed by atoms with van der Waals surface area (Å²) in [6.45, 7) is 0.210. The average molecular weight is 431 g/mol. The quantitative estimate of drug-likeness (QED) is 0.735. The molecule has 2 fully saturated rings. The van der Waals surface area contributed by atoms with E-state index in [9.17, 15) is 22.4 Å². The predicted octanol–water partition coefficient (Wildman–Crippen LogP) is 2.51. The number of hydrogen-bond donors (Lipinski definition) is 2. The minimum absolute atomic E-state index is 0.0534. The fourth-order valence-corrected chi connectivity index (χ4v) is 5.15. The van der Waals surface area contributed by atoms with E-state index in [2.05, 4.69) is 10.6 Å². The molecule has 2 aliphatic rings. The maximum absolute atomic E-state index is 13.2. The van der Waals surface area contributed by atoms with Crippen molar-refractivity contribution in [3.05, 3.63) is 59.9 Å². The van der Waals surface area contributed by atoms with E-state index in [-0.39, 0.29) is 23.4 Å². The minimum atomic E-state index is -3.93. The molecule has 2 amide bonds. The molecule has 2 N–H and O–H groups in total. The van der Waals surface area contributed by atoms with Crippen molar-refractivity contribution in [2.45, 2.75) is 42.7 Å². The molecule has 1 saturated carbocycles. The summed E-state index contributed by atoms with van der Waals surface area (Å²) in [6, 6.07) is 10.5. The van der Waals surface area contributed by atoms with Crippen LogP contribution in [0.25, 0.3) is 0 Å². The lowest BCUT2D eigenvalue weighted by atomic mass is 10.1. The van der Waals surface area contributed by atoms with E-state index in [4.69, 9.17) is 0 Å². The molecule has 1 heterocycles. The molecule has 30 heavy (non-hydrogen) atoms. The molecule has 1 aliphatic carbocycles. The molecular formula is C21H22FN3O4S. The van der Waals surface area contributed by atoms with Crippen molar-refractivity contribution in [3.8, 4) is 0 Å². The van der Waals surface area contributed by atoms with Crippen LogP contribution < -0.4 is 10.6 Å². The predicted molar refractivity (Wildman–Crippen MR) is 109 cm³/mol. The van der Waals surface area contributed by atoms with E-state index in [1.165, 1.54) is 12.1 Å². The van der Waals surface area contributed by atoms with Crippen molar-refractivity contribution in [3.63, 3.8) is 0 Å². The third kappa shape index (κ3) is 4.36. The van der Waals surface area contributed by atoms with Crippen LogP contribution in [0.4, 0.5) is 10.1 Å². The summed E-state index contributed by atoms with van der Waals surface area (Å²) in [5.41, 5.74) is 0.858. The van der Waals surface area contributed by atoms with Gasteiger partial charge in [-0.15, -0.1) is 0 Å². The number of carbonyl (C=O) groups is 2. The third-order valence-corrected chi connectivity index (χ3v) is 7.15. The standard InChI is InChI=1S/C21H22FN3O4S/c22-15-6-10-18(11-7-15)30(28,29)25-12-2-5-19(25)21(27)24-17-4-1-3-14(13-17)20(26)23-16-8-9-16/h1,3-4,6-7,10-11,13,16,19H,2,5,8-9,12H2,(H,23,26)(H,24,27)/t19-/m0/s1. The summed E-state index contributed by atoms with van der Waals surface area (Å²) in [6.07, 6.45) is 2.88. The number of rotatable bonds is 6. The van der Waals surface area contributed by atoms with Crippen LogP contribution in [-0.4, -0.2) is 43.2 Å². The second-order valence-corrected chi connectivity index (χ2v) is 9.44. The molecule has 2 aromatic carbocycles. The van der Waals surface area contributed by atoms with Gasteiger partial charge < -0.3 is 10.6 Å². The minimum Gasteiger partial charge on any atom is -0.349 e. The molecule has 2 aromatic rings. The first-order valence-electron chi connectivity index (χ1n) is 9.84. The van der Waals surface area contributed by atoms with Crippen molar-refractivity contribution in [2.24, 2.45) is 0 Å². The Kier molecular flexibility index (Phi) is 5.57. The van der Waals surface area contributed by atoms with Gasteiger partial charge >= 0.3 is 0 Å². The van der Waals surface area contributed by atoms with Crippen molar-refractivity contribution < 1.29 is 22.4 Å². The largest absolute Gasteiger partial charge is 0.349 e. The normalized spacial score (nSPS) is 19.4. The highest BCUT2D eigenvalue weighted by molar-refractivity contribution is 7.89. The lowest BCUT2D eigenvalue weighted by molar-refractivity contribution is -0.119. The summed E-state index contributed by atoms with van der Waals surface area (Å²) in [5.74, 6) is -1.19. The molecule has 1 saturated heterocycles. The highest BCUT2D eigenvalue weighted by Crippen LogP contribution is 2.27. The molecule has 4 rings (SSSR count). The van der Waals surface area contributed by atoms with Crippen LogP contribution in [0.2, 0.25) is 0 Å². The number of sulfonamides is 1. The average Bonchev–Trinajstić information content (AvgIpc) is 3.38. The van der Waals surface area contributed by atoms with Crippen LogP contribution in [0, 0.1) is 5.82 Å². The number of anilines is 1. The van der Waals surface area contributed by atoms with Crippen LogP contribution in [0.1, 0.15) is 36.0 Å². The fraction of sp³-hybridized carbons (Fsp3) is 0.333. The molecule has 0 bridgehead atoms. The van der Waals surface area contributed by atoms with Crippen molar-refractivity contribution >= 4 is 27.5 Å². The Labute approximate surface area is 174 Å². The Bertz CT molecular complexity index is 1070. The SMILES string of the molecule is O=C(NC1CC1)c1cccc(NC(=O)[C@@H]2CCCN2S(=O)(=O)c2ccc(F)cc2)c1. The van der Waals surface area contributed by atoms with E-state index in [0.717, 1.165) is 29.3 Å². The Balaban J connectivity index is 1.48. The molecule has 0 spiro atoms. The number of hydrogen-bond acceptors (Lipinski definition) is 4. The zero-order chi connectivity index (χ0) is 21.3. The summed E-state index contributed by atoms with van der Waals surface area (Å²) in [4.78, 5) is 25.0. The van der Waals surface area contributed by atoms with Crippen molar-refractivity contribution in [2.75, 3.05) is 11.9 Å². The smallest absolute Gasteiger partial charge is 0.251 e. The molecule has 1 atom stereocenters. The first-order valence-corrected chi connectivity index (χ1v) is 11.3. The summed E-state index contributed by atoms with van der Waals surface area (Å²) >= 11 is 0. The Morgan fingerprint density at radius 3 is 2.47 bits per heavy atom. The Morgan fingerprint density at radius 1 is 1.03 bits per heavy atom. The van der Waals surface area contributed by atoms with E-state index in [1.807, 2.05) is 0 Å². The zero-order valence-electron chi connectivity index (χ0n) is 16.2. The zero-order valence-corrected chi connectivity index (χ0v) is 17.0. The molecular weight excluding hydrogens is 409 g/mol. The number of nitrogens with zero attached hydrogens (tertiary/aromatic N) is 1. The molecule has 1 aliphatic heterocycles. The maximum atomic E-state index is 13.2. The molecule has 7 nitrogen and oxygen atoms in total. The fourth-order valence-electron chi connectivity index (χ4n) is 3.49. The summed E-state index contributed by atoms with van der Waals surface area (Å²) in [7, 11) is -3.93. The van der Waals surface area contributed by atoms with E-state index < -0.39 is 27.8 Å². The van der Waals surface area contributed by atoms with Gasteiger partial charge in [-0.3, -0.25) is 9.59 Å². The van der Waals surface area contributed by atoms with Crippen LogP contribution in [0.3, 0.4) is 0 Å². The van der Waals surface area contributed by atoms with E-state index in [0.29, 0.717) is 24.1 Å². The number of halogens is 1. The first-order chi connectivity index (χ1) is 14.3. The third-order valence-electron chi connectivity index (χ3n) is 5.23. The number of carbonyl (C=O) groups excluding carboxylic acids is 2. The summed E-state index contributed by atoms with van der Waals surface area (Å²) in [5, 5.41) is 5.61. The lowest BCUT2D eigenvalue weighted by Gasteiger charge is -2.23. The molecule has 9 heteroatoms. The van der Waals surface area contributed by atoms with E-state index in [1.54, 1.807) is 24.3 Å². The number of nitrogens with one attached hydrogen (secondary N) is 2. The highest BCUT2D eigenvalue weighted by Gasteiger charge is 2.39. The van der Waals surface area contributed by atoms with Crippen molar-refractivity contribution in [1.82, 2.24) is 9.62 Å². The summed E-state index contributed by atoms with van der Waals surface area (Å²) < 4.78 is 40.2. The van der Waals surface area contributed by atoms with Gasteiger partial charge in [0.25, 0.3) is 5.91 Å². The van der Waals surface area contributed by atoms with Gasteiger partial charge in [-0.05, 0) is 68.1 Å². The maximum Gasteiger partial charge on any atom is 0.251 e. The van der Waals surface area contributed by atoms with Gasteiger partial charge in [0.05, 0.1) is 4.90 Å². The van der Waals surface area contributed by atoms with Gasteiger partial charge in [-0.1, -0.05) is 6.07 Å². The van der Waals surface area contributed by atoms with Gasteiger partial charge in [-0.25, -0.2) is 12.8 Å². The van der Waals surface area contributed by atoms with Gasteiger partial charge in [0.15, 0.2) is 0 Å². The Morgan fingerprint density at radius 2 is 1.77 bits per heavy atom. The van der Waals surface area contributed by atoms with Crippen LogP contribution in [0.15, 0.2) is 53.4 Å². The monoisotopic (exact) mass is 431 g/mol. The second kappa shape index (κ2) is 8.16. The van der Waals surface area contributed by atoms with E-state index >= 15 is 0 Å². The number of benzene rings is 2. The van der Waals surface area contributed by atoms with Crippen LogP contribution in [0.5, 0.6) is 0 Å². The van der Waals surface area contributed by atoms with Gasteiger partial charge in [0, 0.05) is 23.8 Å². The van der Waals surface area contributed by atoms with Gasteiger partial charge in [0.2, 0.25) is 15.9 Å². The molecule has 0 aromatic heterocycles. The molecule has 0 radical (unpaired) electrons. The van der Waals surface area contributed by atoms with Crippen LogP contribution >= 0.6 is 0 Å². The highest BCUT2D eigenvalue weighted by atomic mass is 32.2. The number of amides is 2. The Hall–Kier alpha value is -2.78.